The number of nitrogens with zero attached hydrogens (tertiary/aromatic N) is 4. The molecule has 2 heterocycles. The highest BCUT2D eigenvalue weighted by molar-refractivity contribution is 8.00. The fourth-order valence-electron chi connectivity index (χ4n) is 2.42. The van der Waals surface area contributed by atoms with Gasteiger partial charge in [0.25, 0.3) is 0 Å². The number of tetrazole rings is 1. The first-order chi connectivity index (χ1) is 9.00. The highest BCUT2D eigenvalue weighted by Crippen LogP contribution is 2.39. The van der Waals surface area contributed by atoms with Gasteiger partial charge in [-0.05, 0) is 55.3 Å². The normalized spacial score (nSPS) is 25.1. The van der Waals surface area contributed by atoms with Crippen LogP contribution < -0.4 is 5.32 Å². The van der Waals surface area contributed by atoms with Gasteiger partial charge in [-0.2, -0.15) is 11.8 Å². The third kappa shape index (κ3) is 3.92. The standard InChI is InChI=1S/C13H25N5S/c1-10(2)8-14-11(3)12-15-16-17-18(12)9-13(4)6-5-7-19-13/h10-11,14H,5-9H2,1-4H3. The molecule has 0 spiro atoms. The third-order valence-corrected chi connectivity index (χ3v) is 5.09. The van der Waals surface area contributed by atoms with Crippen LogP contribution in [0.3, 0.4) is 0 Å². The lowest BCUT2D eigenvalue weighted by molar-refractivity contribution is 0.418. The van der Waals surface area contributed by atoms with Crippen LogP contribution in [0.2, 0.25) is 0 Å². The molecule has 0 amide bonds. The van der Waals surface area contributed by atoms with E-state index in [1.54, 1.807) is 0 Å². The van der Waals surface area contributed by atoms with Crippen molar-refractivity contribution < 1.29 is 0 Å². The summed E-state index contributed by atoms with van der Waals surface area (Å²) in [6, 6.07) is 0.201. The predicted octanol–water partition coefficient (Wildman–Crippen LogP) is 2.27. The number of thioether (sulfide) groups is 1. The van der Waals surface area contributed by atoms with Gasteiger partial charge in [0, 0.05) is 4.75 Å². The molecule has 19 heavy (non-hydrogen) atoms. The molecule has 0 aliphatic carbocycles. The van der Waals surface area contributed by atoms with Gasteiger partial charge in [0.15, 0.2) is 5.82 Å². The molecule has 0 bridgehead atoms. The van der Waals surface area contributed by atoms with Gasteiger partial charge in [-0.25, -0.2) is 4.68 Å². The SMILES string of the molecule is CC(C)CNC(C)c1nnnn1CC1(C)CCCS1. The average molecular weight is 283 g/mol. The van der Waals surface area contributed by atoms with Crippen molar-refractivity contribution in [3.8, 4) is 0 Å². The lowest BCUT2D eigenvalue weighted by atomic mass is 10.1. The van der Waals surface area contributed by atoms with E-state index in [2.05, 4.69) is 48.5 Å². The Balaban J connectivity index is 2.00. The third-order valence-electron chi connectivity index (χ3n) is 3.56. The van der Waals surface area contributed by atoms with Gasteiger partial charge in [0.2, 0.25) is 0 Å². The van der Waals surface area contributed by atoms with Crippen molar-refractivity contribution in [2.45, 2.75) is 57.9 Å². The molecule has 0 aromatic carbocycles. The van der Waals surface area contributed by atoms with E-state index in [-0.39, 0.29) is 6.04 Å². The summed E-state index contributed by atoms with van der Waals surface area (Å²) in [6.45, 7) is 10.8. The van der Waals surface area contributed by atoms with Crippen molar-refractivity contribution in [2.24, 2.45) is 5.92 Å². The van der Waals surface area contributed by atoms with Crippen LogP contribution in [-0.4, -0.2) is 37.3 Å². The van der Waals surface area contributed by atoms with E-state index in [4.69, 9.17) is 0 Å². The molecule has 1 saturated heterocycles. The molecule has 2 atom stereocenters. The lowest BCUT2D eigenvalue weighted by Gasteiger charge is -2.23. The van der Waals surface area contributed by atoms with Crippen molar-refractivity contribution in [3.05, 3.63) is 5.82 Å². The molecule has 0 radical (unpaired) electrons. The molecule has 1 fully saturated rings. The van der Waals surface area contributed by atoms with Crippen molar-refractivity contribution in [2.75, 3.05) is 12.3 Å². The van der Waals surface area contributed by atoms with Gasteiger partial charge in [-0.1, -0.05) is 13.8 Å². The Kier molecular flexibility index (Phi) is 4.84. The van der Waals surface area contributed by atoms with Gasteiger partial charge in [-0.3, -0.25) is 0 Å². The Morgan fingerprint density at radius 2 is 2.21 bits per heavy atom. The average Bonchev–Trinajstić information content (AvgIpc) is 2.96. The molecule has 0 saturated carbocycles. The van der Waals surface area contributed by atoms with E-state index in [1.807, 2.05) is 16.4 Å². The summed E-state index contributed by atoms with van der Waals surface area (Å²) in [7, 11) is 0. The Morgan fingerprint density at radius 1 is 1.42 bits per heavy atom. The van der Waals surface area contributed by atoms with Gasteiger partial charge in [0.1, 0.15) is 0 Å². The zero-order valence-electron chi connectivity index (χ0n) is 12.4. The molecule has 1 N–H and O–H groups in total. The predicted molar refractivity (Wildman–Crippen MR) is 79.2 cm³/mol. The van der Waals surface area contributed by atoms with Gasteiger partial charge in [0.05, 0.1) is 12.6 Å². The van der Waals surface area contributed by atoms with Crippen LogP contribution in [0.5, 0.6) is 0 Å². The first-order valence-electron chi connectivity index (χ1n) is 7.13. The second kappa shape index (κ2) is 6.22. The molecular weight excluding hydrogens is 258 g/mol. The number of hydrogen-bond donors (Lipinski definition) is 1. The summed E-state index contributed by atoms with van der Waals surface area (Å²) in [4.78, 5) is 0. The van der Waals surface area contributed by atoms with Gasteiger partial charge >= 0.3 is 0 Å². The van der Waals surface area contributed by atoms with E-state index in [0.29, 0.717) is 10.7 Å². The summed E-state index contributed by atoms with van der Waals surface area (Å²) in [5.41, 5.74) is 0. The van der Waals surface area contributed by atoms with Gasteiger partial charge < -0.3 is 5.32 Å². The van der Waals surface area contributed by atoms with Crippen LogP contribution in [0.25, 0.3) is 0 Å². The monoisotopic (exact) mass is 283 g/mol. The fourth-order valence-corrected chi connectivity index (χ4v) is 3.70. The summed E-state index contributed by atoms with van der Waals surface area (Å²) in [6.07, 6.45) is 2.56. The molecular formula is C13H25N5S. The quantitative estimate of drug-likeness (QED) is 0.868. The summed E-state index contributed by atoms with van der Waals surface area (Å²) in [5, 5.41) is 15.7. The zero-order chi connectivity index (χ0) is 13.9. The van der Waals surface area contributed by atoms with Crippen LogP contribution in [-0.2, 0) is 6.54 Å². The van der Waals surface area contributed by atoms with Crippen LogP contribution in [0.15, 0.2) is 0 Å². The Labute approximate surface area is 119 Å². The number of hydrogen-bond acceptors (Lipinski definition) is 5. The summed E-state index contributed by atoms with van der Waals surface area (Å²) < 4.78 is 2.28. The maximum atomic E-state index is 4.20. The Morgan fingerprint density at radius 3 is 2.84 bits per heavy atom. The minimum Gasteiger partial charge on any atom is -0.307 e. The Bertz CT molecular complexity index is 397. The van der Waals surface area contributed by atoms with Crippen LogP contribution >= 0.6 is 11.8 Å². The fraction of sp³-hybridized carbons (Fsp3) is 0.923. The minimum atomic E-state index is 0.201. The summed E-state index contributed by atoms with van der Waals surface area (Å²) in [5.74, 6) is 2.85. The van der Waals surface area contributed by atoms with E-state index in [1.165, 1.54) is 18.6 Å². The van der Waals surface area contributed by atoms with Crippen LogP contribution in [0, 0.1) is 5.92 Å². The Hall–Kier alpha value is -0.620. The number of nitrogens with one attached hydrogen (secondary N) is 1. The molecule has 1 aliphatic rings. The first-order valence-corrected chi connectivity index (χ1v) is 8.12. The maximum Gasteiger partial charge on any atom is 0.167 e. The number of aromatic nitrogens is 4. The molecule has 108 valence electrons. The van der Waals surface area contributed by atoms with Crippen LogP contribution in [0.1, 0.15) is 52.4 Å². The van der Waals surface area contributed by atoms with E-state index < -0.39 is 0 Å². The second-order valence-electron chi connectivity index (χ2n) is 6.12. The highest BCUT2D eigenvalue weighted by atomic mass is 32.2. The largest absolute Gasteiger partial charge is 0.307 e. The smallest absolute Gasteiger partial charge is 0.167 e. The zero-order valence-corrected chi connectivity index (χ0v) is 13.2. The van der Waals surface area contributed by atoms with Crippen molar-refractivity contribution in [1.82, 2.24) is 25.5 Å². The maximum absolute atomic E-state index is 4.20. The molecule has 6 heteroatoms. The van der Waals surface area contributed by atoms with Crippen LogP contribution in [0.4, 0.5) is 0 Å². The van der Waals surface area contributed by atoms with E-state index in [0.717, 1.165) is 18.9 Å². The van der Waals surface area contributed by atoms with E-state index >= 15 is 0 Å². The molecule has 1 aromatic rings. The molecule has 1 aliphatic heterocycles. The molecule has 2 rings (SSSR count). The van der Waals surface area contributed by atoms with Crippen molar-refractivity contribution in [1.29, 1.82) is 0 Å². The van der Waals surface area contributed by atoms with Crippen molar-refractivity contribution >= 4 is 11.8 Å². The number of rotatable bonds is 6. The minimum absolute atomic E-state index is 0.201. The second-order valence-corrected chi connectivity index (χ2v) is 7.80. The topological polar surface area (TPSA) is 55.6 Å². The molecule has 1 aromatic heterocycles. The molecule has 5 nitrogen and oxygen atoms in total. The lowest BCUT2D eigenvalue weighted by Crippen LogP contribution is -2.30. The first kappa shape index (κ1) is 14.8. The highest BCUT2D eigenvalue weighted by Gasteiger charge is 2.31. The van der Waals surface area contributed by atoms with E-state index in [9.17, 15) is 0 Å². The summed E-state index contributed by atoms with van der Waals surface area (Å²) >= 11 is 2.04. The molecule has 2 unspecified atom stereocenters. The van der Waals surface area contributed by atoms with Gasteiger partial charge in [-0.15, -0.1) is 5.10 Å². The van der Waals surface area contributed by atoms with Crippen molar-refractivity contribution in [3.63, 3.8) is 0 Å².